The van der Waals surface area contributed by atoms with Gasteiger partial charge in [-0.1, -0.05) is 0 Å². The highest BCUT2D eigenvalue weighted by Gasteiger charge is 2.28. The number of rotatable bonds is 7. The number of allylic oxidation sites excluding steroid dienone is 1. The first-order valence-electron chi connectivity index (χ1n) is 10.7. The average Bonchev–Trinajstić information content (AvgIpc) is 3.46. The van der Waals surface area contributed by atoms with Crippen LogP contribution in [0.15, 0.2) is 60.4 Å². The Morgan fingerprint density at radius 2 is 1.77 bits per heavy atom. The molecule has 9 nitrogen and oxygen atoms in total. The van der Waals surface area contributed by atoms with Gasteiger partial charge in [-0.3, -0.25) is 9.59 Å². The van der Waals surface area contributed by atoms with Gasteiger partial charge < -0.3 is 33.7 Å². The Labute approximate surface area is 200 Å². The van der Waals surface area contributed by atoms with Gasteiger partial charge in [0.15, 0.2) is 23.9 Å². The van der Waals surface area contributed by atoms with E-state index in [9.17, 15) is 9.59 Å². The van der Waals surface area contributed by atoms with Crippen LogP contribution in [0.1, 0.15) is 15.9 Å². The number of carbonyl (C=O) groups excluding carboxylic acids is 2. The fraction of sp³-hybridized carbons (Fsp3) is 0.154. The number of carbonyl (C=O) groups is 2. The molecule has 0 saturated heterocycles. The summed E-state index contributed by atoms with van der Waals surface area (Å²) in [6.07, 6.45) is 1.60. The number of amides is 1. The van der Waals surface area contributed by atoms with Crippen molar-refractivity contribution in [2.24, 2.45) is 0 Å². The molecule has 0 spiro atoms. The molecule has 0 fully saturated rings. The molecule has 0 radical (unpaired) electrons. The Morgan fingerprint density at radius 3 is 2.60 bits per heavy atom. The van der Waals surface area contributed by atoms with Crippen molar-refractivity contribution in [3.63, 3.8) is 0 Å². The molecule has 0 atom stereocenters. The van der Waals surface area contributed by atoms with Crippen LogP contribution in [-0.4, -0.2) is 39.3 Å². The van der Waals surface area contributed by atoms with E-state index in [1.807, 2.05) is 0 Å². The lowest BCUT2D eigenvalue weighted by molar-refractivity contribution is -0.118. The normalized spacial score (nSPS) is 14.3. The summed E-state index contributed by atoms with van der Waals surface area (Å²) in [4.78, 5) is 25.1. The second kappa shape index (κ2) is 9.30. The van der Waals surface area contributed by atoms with E-state index in [4.69, 9.17) is 28.4 Å². The van der Waals surface area contributed by atoms with Crippen LogP contribution in [0.25, 0.3) is 6.08 Å². The molecule has 0 aromatic heterocycles. The Balaban J connectivity index is 1.25. The van der Waals surface area contributed by atoms with Crippen molar-refractivity contribution in [3.8, 4) is 34.5 Å². The Hall–Kier alpha value is -4.66. The fourth-order valence-electron chi connectivity index (χ4n) is 3.67. The molecule has 2 aliphatic rings. The van der Waals surface area contributed by atoms with Crippen LogP contribution in [0.2, 0.25) is 0 Å². The van der Waals surface area contributed by atoms with Crippen molar-refractivity contribution in [1.29, 1.82) is 0 Å². The zero-order valence-electron chi connectivity index (χ0n) is 19.0. The summed E-state index contributed by atoms with van der Waals surface area (Å²) in [5.74, 6) is 2.64. The number of benzene rings is 3. The van der Waals surface area contributed by atoms with Gasteiger partial charge in [-0.2, -0.15) is 0 Å². The highest BCUT2D eigenvalue weighted by Crippen LogP contribution is 2.37. The molecule has 0 saturated carbocycles. The number of fused-ring (bicyclic) bond motifs is 2. The van der Waals surface area contributed by atoms with Crippen LogP contribution in [-0.2, 0) is 4.79 Å². The van der Waals surface area contributed by atoms with Crippen molar-refractivity contribution in [2.75, 3.05) is 32.9 Å². The summed E-state index contributed by atoms with van der Waals surface area (Å²) in [7, 11) is 3.10. The topological polar surface area (TPSA) is 102 Å². The van der Waals surface area contributed by atoms with Crippen molar-refractivity contribution in [3.05, 3.63) is 71.5 Å². The Morgan fingerprint density at radius 1 is 0.943 bits per heavy atom. The first-order chi connectivity index (χ1) is 17.0. The molecule has 178 valence electrons. The van der Waals surface area contributed by atoms with Gasteiger partial charge in [-0.05, 0) is 48.5 Å². The molecule has 0 bridgehead atoms. The Bertz CT molecular complexity index is 1350. The number of nitrogens with one attached hydrogen (secondary N) is 1. The van der Waals surface area contributed by atoms with Crippen LogP contribution < -0.4 is 33.7 Å². The summed E-state index contributed by atoms with van der Waals surface area (Å²) in [6, 6.07) is 15.2. The van der Waals surface area contributed by atoms with Gasteiger partial charge in [0.25, 0.3) is 5.91 Å². The molecule has 0 aliphatic carbocycles. The predicted octanol–water partition coefficient (Wildman–Crippen LogP) is 4.07. The smallest absolute Gasteiger partial charge is 0.262 e. The van der Waals surface area contributed by atoms with Gasteiger partial charge in [-0.25, -0.2) is 0 Å². The van der Waals surface area contributed by atoms with Gasteiger partial charge >= 0.3 is 0 Å². The van der Waals surface area contributed by atoms with E-state index >= 15 is 0 Å². The standard InChI is InChI=1S/C26H21NO8/c1-30-17-5-8-20(31-2)15(9-17)10-24-26(29)19-6-4-18(12-22(19)35-24)32-13-25(28)27-16-3-7-21-23(11-16)34-14-33-21/h3-12H,13-14H2,1-2H3,(H,27,28). The number of ether oxygens (including phenoxy) is 6. The van der Waals surface area contributed by atoms with Crippen LogP contribution in [0.3, 0.4) is 0 Å². The third-order valence-corrected chi connectivity index (χ3v) is 5.39. The number of ketones is 1. The second-order valence-corrected chi connectivity index (χ2v) is 7.61. The van der Waals surface area contributed by atoms with E-state index < -0.39 is 0 Å². The minimum atomic E-state index is -0.355. The van der Waals surface area contributed by atoms with Crippen molar-refractivity contribution >= 4 is 23.5 Å². The summed E-state index contributed by atoms with van der Waals surface area (Å²) >= 11 is 0. The van der Waals surface area contributed by atoms with Gasteiger partial charge in [0.05, 0.1) is 19.8 Å². The molecular formula is C26H21NO8. The van der Waals surface area contributed by atoms with Crippen molar-refractivity contribution in [2.45, 2.75) is 0 Å². The van der Waals surface area contributed by atoms with Crippen molar-refractivity contribution in [1.82, 2.24) is 0 Å². The second-order valence-electron chi connectivity index (χ2n) is 7.61. The van der Waals surface area contributed by atoms with Gasteiger partial charge in [-0.15, -0.1) is 0 Å². The molecule has 35 heavy (non-hydrogen) atoms. The maximum atomic E-state index is 12.8. The van der Waals surface area contributed by atoms with Crippen LogP contribution >= 0.6 is 0 Å². The maximum Gasteiger partial charge on any atom is 0.262 e. The van der Waals surface area contributed by atoms with Crippen LogP contribution in [0, 0.1) is 0 Å². The Kier molecular flexibility index (Phi) is 5.88. The SMILES string of the molecule is COc1ccc(OC)c(C=C2Oc3cc(OCC(=O)Nc4ccc5c(c4)OCO5)ccc3C2=O)c1. The van der Waals surface area contributed by atoms with Crippen LogP contribution in [0.4, 0.5) is 5.69 Å². The van der Waals surface area contributed by atoms with Crippen molar-refractivity contribution < 1.29 is 38.0 Å². The zero-order chi connectivity index (χ0) is 24.4. The minimum absolute atomic E-state index is 0.143. The summed E-state index contributed by atoms with van der Waals surface area (Å²) in [6.45, 7) is -0.0758. The maximum absolute atomic E-state index is 12.8. The minimum Gasteiger partial charge on any atom is -0.497 e. The third-order valence-electron chi connectivity index (χ3n) is 5.39. The summed E-state index contributed by atoms with van der Waals surface area (Å²) < 4.78 is 32.6. The van der Waals surface area contributed by atoms with E-state index in [1.54, 1.807) is 74.9 Å². The number of Topliss-reactive ketones (excluding diaryl/α,β-unsaturated/α-hetero) is 1. The lowest BCUT2D eigenvalue weighted by atomic mass is 10.1. The zero-order valence-corrected chi connectivity index (χ0v) is 19.0. The summed E-state index contributed by atoms with van der Waals surface area (Å²) in [5, 5.41) is 2.74. The number of anilines is 1. The van der Waals surface area contributed by atoms with Gasteiger partial charge in [0.1, 0.15) is 23.0 Å². The van der Waals surface area contributed by atoms with Gasteiger partial charge in [0, 0.05) is 23.4 Å². The molecule has 2 aliphatic heterocycles. The first-order valence-corrected chi connectivity index (χ1v) is 10.7. The summed E-state index contributed by atoms with van der Waals surface area (Å²) in [5.41, 5.74) is 1.60. The molecule has 9 heteroatoms. The molecular weight excluding hydrogens is 454 g/mol. The average molecular weight is 475 g/mol. The number of methoxy groups -OCH3 is 2. The molecule has 5 rings (SSSR count). The van der Waals surface area contributed by atoms with E-state index in [1.165, 1.54) is 0 Å². The van der Waals surface area contributed by atoms with E-state index in [0.29, 0.717) is 51.3 Å². The molecule has 3 aromatic carbocycles. The molecule has 1 N–H and O–H groups in total. The predicted molar refractivity (Wildman–Crippen MR) is 126 cm³/mol. The van der Waals surface area contributed by atoms with Crippen LogP contribution in [0.5, 0.6) is 34.5 Å². The van der Waals surface area contributed by atoms with E-state index in [2.05, 4.69) is 5.32 Å². The van der Waals surface area contributed by atoms with E-state index in [-0.39, 0.29) is 30.8 Å². The monoisotopic (exact) mass is 475 g/mol. The lowest BCUT2D eigenvalue weighted by Crippen LogP contribution is -2.20. The largest absolute Gasteiger partial charge is 0.497 e. The van der Waals surface area contributed by atoms with E-state index in [0.717, 1.165) is 0 Å². The molecule has 3 aromatic rings. The molecule has 1 amide bonds. The van der Waals surface area contributed by atoms with Gasteiger partial charge in [0.2, 0.25) is 12.6 Å². The highest BCUT2D eigenvalue weighted by atomic mass is 16.7. The first kappa shape index (κ1) is 22.1. The molecule has 2 heterocycles. The quantitative estimate of drug-likeness (QED) is 0.511. The lowest BCUT2D eigenvalue weighted by Gasteiger charge is -2.09. The number of hydrogen-bond acceptors (Lipinski definition) is 8. The number of hydrogen-bond donors (Lipinski definition) is 1. The molecule has 0 unspecified atom stereocenters. The third kappa shape index (κ3) is 4.56. The highest BCUT2D eigenvalue weighted by molar-refractivity contribution is 6.14. The fourth-order valence-corrected chi connectivity index (χ4v) is 3.67.